The van der Waals surface area contributed by atoms with Crippen LogP contribution in [0.4, 0.5) is 0 Å². The van der Waals surface area contributed by atoms with Crippen LogP contribution >= 0.6 is 11.6 Å². The van der Waals surface area contributed by atoms with E-state index in [1.165, 1.54) is 48.5 Å². The van der Waals surface area contributed by atoms with E-state index in [1.54, 1.807) is 24.8 Å². The Bertz CT molecular complexity index is 935. The van der Waals surface area contributed by atoms with Gasteiger partial charge in [0.15, 0.2) is 0 Å². The number of amides is 2. The number of rotatable bonds is 8. The highest BCUT2D eigenvalue weighted by Gasteiger charge is 2.29. The van der Waals surface area contributed by atoms with Gasteiger partial charge in [-0.3, -0.25) is 9.59 Å². The molecule has 1 heterocycles. The van der Waals surface area contributed by atoms with Gasteiger partial charge < -0.3 is 9.80 Å². The minimum atomic E-state index is -3.78. The summed E-state index contributed by atoms with van der Waals surface area (Å²) in [6, 6.07) is 4.41. The maximum atomic E-state index is 13.1. The van der Waals surface area contributed by atoms with Crippen molar-refractivity contribution < 1.29 is 18.0 Å². The van der Waals surface area contributed by atoms with Gasteiger partial charge in [0.05, 0.1) is 5.02 Å². The summed E-state index contributed by atoms with van der Waals surface area (Å²) < 4.78 is 27.2. The van der Waals surface area contributed by atoms with Crippen LogP contribution < -0.4 is 0 Å². The second-order valence-electron chi connectivity index (χ2n) is 8.95. The molecule has 184 valence electrons. The Balaban J connectivity index is 1.59. The lowest BCUT2D eigenvalue weighted by molar-refractivity contribution is -0.133. The first-order chi connectivity index (χ1) is 15.8. The van der Waals surface area contributed by atoms with Crippen LogP contribution in [0.2, 0.25) is 5.02 Å². The Morgan fingerprint density at radius 1 is 1.00 bits per heavy atom. The first-order valence-electron chi connectivity index (χ1n) is 12.1. The van der Waals surface area contributed by atoms with Crippen LogP contribution in [0.25, 0.3) is 0 Å². The van der Waals surface area contributed by atoms with E-state index in [4.69, 9.17) is 11.6 Å². The molecular formula is C24H36ClN3O4S. The molecule has 1 aromatic carbocycles. The summed E-state index contributed by atoms with van der Waals surface area (Å²) in [5.41, 5.74) is 0.294. The Labute approximate surface area is 203 Å². The number of carbonyl (C=O) groups is 2. The topological polar surface area (TPSA) is 78.0 Å². The van der Waals surface area contributed by atoms with Gasteiger partial charge in [-0.05, 0) is 30.5 Å². The number of hydrogen-bond acceptors (Lipinski definition) is 4. The number of hydrogen-bond donors (Lipinski definition) is 0. The molecule has 0 unspecified atom stereocenters. The number of sulfonamides is 1. The second kappa shape index (κ2) is 11.7. The fraction of sp³-hybridized carbons (Fsp3) is 0.667. The van der Waals surface area contributed by atoms with Crippen molar-refractivity contribution in [2.45, 2.75) is 63.7 Å². The van der Waals surface area contributed by atoms with Crippen LogP contribution in [-0.4, -0.2) is 73.6 Å². The first kappa shape index (κ1) is 26.0. The third-order valence-corrected chi connectivity index (χ3v) is 9.44. The quantitative estimate of drug-likeness (QED) is 0.543. The maximum absolute atomic E-state index is 13.1. The van der Waals surface area contributed by atoms with Gasteiger partial charge in [-0.1, -0.05) is 57.6 Å². The molecule has 2 amide bonds. The smallest absolute Gasteiger partial charge is 0.254 e. The zero-order valence-electron chi connectivity index (χ0n) is 19.8. The molecule has 1 aromatic rings. The average molecular weight is 498 g/mol. The van der Waals surface area contributed by atoms with E-state index < -0.39 is 10.0 Å². The molecule has 2 aliphatic rings. The van der Waals surface area contributed by atoms with Crippen molar-refractivity contribution in [3.05, 3.63) is 28.8 Å². The van der Waals surface area contributed by atoms with Crippen LogP contribution in [0.5, 0.6) is 0 Å². The van der Waals surface area contributed by atoms with E-state index in [0.717, 1.165) is 6.42 Å². The molecule has 2 fully saturated rings. The molecule has 0 atom stereocenters. The molecule has 0 aromatic heterocycles. The zero-order valence-corrected chi connectivity index (χ0v) is 21.3. The molecule has 0 radical (unpaired) electrons. The van der Waals surface area contributed by atoms with Crippen LogP contribution in [-0.2, 0) is 14.8 Å². The molecule has 3 rings (SSSR count). The van der Waals surface area contributed by atoms with Crippen molar-refractivity contribution in [1.29, 1.82) is 0 Å². The lowest BCUT2D eigenvalue weighted by Gasteiger charge is -2.35. The van der Waals surface area contributed by atoms with Crippen molar-refractivity contribution in [2.24, 2.45) is 5.92 Å². The molecule has 0 spiro atoms. The summed E-state index contributed by atoms with van der Waals surface area (Å²) in [6.45, 7) is 6.07. The molecule has 1 saturated heterocycles. The van der Waals surface area contributed by atoms with Crippen molar-refractivity contribution in [1.82, 2.24) is 14.1 Å². The predicted molar refractivity (Wildman–Crippen MR) is 130 cm³/mol. The lowest BCUT2D eigenvalue weighted by Crippen LogP contribution is -2.50. The van der Waals surface area contributed by atoms with Gasteiger partial charge in [-0.15, -0.1) is 0 Å². The fourth-order valence-electron chi connectivity index (χ4n) is 4.84. The standard InChI is InChI=1S/C24H36ClN3O4S/c1-3-28(4-2)33(31,32)22-18-20(11-12-21(22)25)24(30)27-16-14-26(15-17-27)23(29)13-10-19-8-6-5-7-9-19/h11-12,18-19H,3-10,13-17H2,1-2H3. The number of benzene rings is 1. The number of halogens is 1. The van der Waals surface area contributed by atoms with Crippen LogP contribution in [0.15, 0.2) is 23.1 Å². The van der Waals surface area contributed by atoms with Crippen LogP contribution in [0, 0.1) is 5.92 Å². The molecular weight excluding hydrogens is 462 g/mol. The summed E-state index contributed by atoms with van der Waals surface area (Å²) in [4.78, 5) is 29.2. The van der Waals surface area contributed by atoms with Gasteiger partial charge >= 0.3 is 0 Å². The van der Waals surface area contributed by atoms with Crippen molar-refractivity contribution in [3.8, 4) is 0 Å². The summed E-state index contributed by atoms with van der Waals surface area (Å²) in [6.07, 6.45) is 7.90. The van der Waals surface area contributed by atoms with Gasteiger partial charge in [0.1, 0.15) is 4.90 Å². The zero-order chi connectivity index (χ0) is 24.0. The lowest BCUT2D eigenvalue weighted by atomic mass is 9.86. The molecule has 7 nitrogen and oxygen atoms in total. The van der Waals surface area contributed by atoms with Gasteiger partial charge in [0.25, 0.3) is 5.91 Å². The van der Waals surface area contributed by atoms with Crippen molar-refractivity contribution in [3.63, 3.8) is 0 Å². The van der Waals surface area contributed by atoms with Gasteiger partial charge in [-0.2, -0.15) is 4.31 Å². The molecule has 0 bridgehead atoms. The molecule has 1 aliphatic carbocycles. The number of nitrogens with zero attached hydrogens (tertiary/aromatic N) is 3. The molecule has 1 aliphatic heterocycles. The van der Waals surface area contributed by atoms with E-state index >= 15 is 0 Å². The third kappa shape index (κ3) is 6.28. The Hall–Kier alpha value is -1.64. The maximum Gasteiger partial charge on any atom is 0.254 e. The Morgan fingerprint density at radius 3 is 2.21 bits per heavy atom. The van der Waals surface area contributed by atoms with Crippen molar-refractivity contribution >= 4 is 33.4 Å². The van der Waals surface area contributed by atoms with Crippen LogP contribution in [0.3, 0.4) is 0 Å². The second-order valence-corrected chi connectivity index (χ2v) is 11.3. The van der Waals surface area contributed by atoms with Crippen molar-refractivity contribution in [2.75, 3.05) is 39.3 Å². The molecule has 0 N–H and O–H groups in total. The summed E-state index contributed by atoms with van der Waals surface area (Å²) in [5.74, 6) is 0.612. The molecule has 1 saturated carbocycles. The van der Waals surface area contributed by atoms with E-state index in [0.29, 0.717) is 57.2 Å². The van der Waals surface area contributed by atoms with E-state index in [2.05, 4.69) is 0 Å². The number of piperazine rings is 1. The van der Waals surface area contributed by atoms with Crippen LogP contribution in [0.1, 0.15) is 69.2 Å². The molecule has 33 heavy (non-hydrogen) atoms. The highest BCUT2D eigenvalue weighted by atomic mass is 35.5. The number of carbonyl (C=O) groups excluding carboxylic acids is 2. The summed E-state index contributed by atoms with van der Waals surface area (Å²) >= 11 is 6.19. The van der Waals surface area contributed by atoms with E-state index in [9.17, 15) is 18.0 Å². The average Bonchev–Trinajstić information content (AvgIpc) is 2.83. The Morgan fingerprint density at radius 2 is 1.61 bits per heavy atom. The SMILES string of the molecule is CCN(CC)S(=O)(=O)c1cc(C(=O)N2CCN(C(=O)CCC3CCCCC3)CC2)ccc1Cl. The van der Waals surface area contributed by atoms with Gasteiger partial charge in [-0.25, -0.2) is 8.42 Å². The highest BCUT2D eigenvalue weighted by Crippen LogP contribution is 2.28. The van der Waals surface area contributed by atoms with E-state index in [1.807, 2.05) is 4.90 Å². The Kier molecular flexibility index (Phi) is 9.18. The normalized spacial score (nSPS) is 18.1. The summed E-state index contributed by atoms with van der Waals surface area (Å²) in [7, 11) is -3.78. The van der Waals surface area contributed by atoms with E-state index in [-0.39, 0.29) is 21.7 Å². The summed E-state index contributed by atoms with van der Waals surface area (Å²) in [5, 5.41) is 0.104. The minimum absolute atomic E-state index is 0.0461. The minimum Gasteiger partial charge on any atom is -0.339 e. The largest absolute Gasteiger partial charge is 0.339 e. The monoisotopic (exact) mass is 497 g/mol. The van der Waals surface area contributed by atoms with Gasteiger partial charge in [0.2, 0.25) is 15.9 Å². The first-order valence-corrected chi connectivity index (χ1v) is 14.0. The fourth-order valence-corrected chi connectivity index (χ4v) is 6.80. The molecule has 9 heteroatoms. The predicted octanol–water partition coefficient (Wildman–Crippen LogP) is 4.02. The van der Waals surface area contributed by atoms with Gasteiger partial charge in [0, 0.05) is 51.3 Å². The third-order valence-electron chi connectivity index (χ3n) is 6.91. The highest BCUT2D eigenvalue weighted by molar-refractivity contribution is 7.89.